The van der Waals surface area contributed by atoms with E-state index in [0.29, 0.717) is 12.3 Å². The Morgan fingerprint density at radius 1 is 1.48 bits per heavy atom. The Morgan fingerprint density at radius 3 is 2.91 bits per heavy atom. The number of benzene rings is 1. The predicted octanol–water partition coefficient (Wildman–Crippen LogP) is 2.41. The normalized spacial score (nSPS) is 12.0. The summed E-state index contributed by atoms with van der Waals surface area (Å²) in [5.74, 6) is 0.508. The number of rotatable bonds is 7. The Kier molecular flexibility index (Phi) is 6.12. The van der Waals surface area contributed by atoms with Gasteiger partial charge in [-0.05, 0) is 31.5 Å². The first kappa shape index (κ1) is 17.4. The van der Waals surface area contributed by atoms with Gasteiger partial charge in [0.2, 0.25) is 0 Å². The fourth-order valence-electron chi connectivity index (χ4n) is 2.17. The Morgan fingerprint density at radius 2 is 2.26 bits per heavy atom. The lowest BCUT2D eigenvalue weighted by molar-refractivity contribution is -0.136. The third-order valence-electron chi connectivity index (χ3n) is 3.45. The van der Waals surface area contributed by atoms with Crippen molar-refractivity contribution in [1.82, 2.24) is 9.88 Å². The molecule has 0 aliphatic heterocycles. The summed E-state index contributed by atoms with van der Waals surface area (Å²) in [6.45, 7) is 4.31. The number of carbonyl (C=O) groups excluding carboxylic acids is 1. The van der Waals surface area contributed by atoms with Crippen molar-refractivity contribution >= 4 is 17.2 Å². The topological polar surface area (TPSA) is 62.7 Å². The summed E-state index contributed by atoms with van der Waals surface area (Å²) >= 11 is 1.65. The van der Waals surface area contributed by atoms with E-state index in [9.17, 15) is 4.79 Å². The van der Waals surface area contributed by atoms with Crippen LogP contribution < -0.4 is 4.74 Å². The van der Waals surface area contributed by atoms with Crippen molar-refractivity contribution < 1.29 is 14.6 Å². The largest absolute Gasteiger partial charge is 0.481 e. The van der Waals surface area contributed by atoms with E-state index in [1.54, 1.807) is 48.4 Å². The summed E-state index contributed by atoms with van der Waals surface area (Å²) in [7, 11) is 1.77. The van der Waals surface area contributed by atoms with Crippen molar-refractivity contribution in [3.8, 4) is 5.75 Å². The molecule has 1 aromatic heterocycles. The summed E-state index contributed by atoms with van der Waals surface area (Å²) in [5.41, 5.74) is 0.759. The molecule has 1 heterocycles. The third kappa shape index (κ3) is 5.04. The summed E-state index contributed by atoms with van der Waals surface area (Å²) in [4.78, 5) is 19.5. The van der Waals surface area contributed by atoms with Crippen LogP contribution in [0, 0.1) is 6.92 Å². The van der Waals surface area contributed by atoms with Gasteiger partial charge < -0.3 is 14.7 Å². The molecule has 1 N–H and O–H groups in total. The fourth-order valence-corrected chi connectivity index (χ4v) is 2.95. The van der Waals surface area contributed by atoms with Gasteiger partial charge in [0.05, 0.1) is 11.6 Å². The zero-order valence-corrected chi connectivity index (χ0v) is 14.5. The average molecular weight is 334 g/mol. The second-order valence-corrected chi connectivity index (χ2v) is 6.76. The van der Waals surface area contributed by atoms with Crippen LogP contribution in [0.15, 0.2) is 30.5 Å². The van der Waals surface area contributed by atoms with Crippen molar-refractivity contribution in [3.05, 3.63) is 45.9 Å². The summed E-state index contributed by atoms with van der Waals surface area (Å²) in [5, 5.41) is 10.2. The molecule has 0 fully saturated rings. The Balaban J connectivity index is 1.87. The molecule has 1 amide bonds. The van der Waals surface area contributed by atoms with Crippen LogP contribution in [-0.2, 0) is 17.8 Å². The number of aryl methyl sites for hydroxylation is 1. The molecule has 0 aliphatic rings. The van der Waals surface area contributed by atoms with Crippen molar-refractivity contribution in [2.45, 2.75) is 33.0 Å². The van der Waals surface area contributed by atoms with E-state index in [-0.39, 0.29) is 12.5 Å². The van der Waals surface area contributed by atoms with Crippen LogP contribution in [0.2, 0.25) is 0 Å². The molecule has 0 bridgehead atoms. The lowest BCUT2D eigenvalue weighted by Gasteiger charge is -2.22. The van der Waals surface area contributed by atoms with Gasteiger partial charge >= 0.3 is 0 Å². The minimum absolute atomic E-state index is 0.0489. The van der Waals surface area contributed by atoms with Crippen LogP contribution in [-0.4, -0.2) is 40.6 Å². The molecule has 2 aromatic rings. The molecule has 1 unspecified atom stereocenters. The number of nitrogens with zero attached hydrogens (tertiary/aromatic N) is 2. The highest BCUT2D eigenvalue weighted by Crippen LogP contribution is 2.16. The highest BCUT2D eigenvalue weighted by atomic mass is 32.1. The maximum atomic E-state index is 12.4. The average Bonchev–Trinajstić information content (AvgIpc) is 2.97. The number of hydrogen-bond donors (Lipinski definition) is 1. The van der Waals surface area contributed by atoms with Gasteiger partial charge in [0, 0.05) is 31.1 Å². The summed E-state index contributed by atoms with van der Waals surface area (Å²) in [6, 6.07) is 7.12. The van der Waals surface area contributed by atoms with E-state index in [2.05, 4.69) is 4.98 Å². The SMILES string of the molecule is Cc1cnc(CCN(C)C(=O)C(C)Oc2cccc(CO)c2)s1. The fraction of sp³-hybridized carbons (Fsp3) is 0.412. The van der Waals surface area contributed by atoms with Crippen LogP contribution in [0.25, 0.3) is 0 Å². The first-order chi connectivity index (χ1) is 11.0. The lowest BCUT2D eigenvalue weighted by atomic mass is 10.2. The van der Waals surface area contributed by atoms with Gasteiger partial charge in [-0.1, -0.05) is 12.1 Å². The van der Waals surface area contributed by atoms with E-state index in [4.69, 9.17) is 9.84 Å². The second-order valence-electron chi connectivity index (χ2n) is 5.44. The molecule has 0 spiro atoms. The highest BCUT2D eigenvalue weighted by molar-refractivity contribution is 7.11. The molecule has 23 heavy (non-hydrogen) atoms. The Bertz CT molecular complexity index is 657. The van der Waals surface area contributed by atoms with Gasteiger partial charge in [0.15, 0.2) is 6.10 Å². The van der Waals surface area contributed by atoms with E-state index in [1.165, 1.54) is 4.88 Å². The number of aliphatic hydroxyl groups is 1. The number of thiazole rings is 1. The lowest BCUT2D eigenvalue weighted by Crippen LogP contribution is -2.39. The minimum Gasteiger partial charge on any atom is -0.481 e. The van der Waals surface area contributed by atoms with Gasteiger partial charge in [0.25, 0.3) is 5.91 Å². The maximum Gasteiger partial charge on any atom is 0.263 e. The van der Waals surface area contributed by atoms with Gasteiger partial charge in [0.1, 0.15) is 5.75 Å². The first-order valence-corrected chi connectivity index (χ1v) is 8.34. The highest BCUT2D eigenvalue weighted by Gasteiger charge is 2.19. The van der Waals surface area contributed by atoms with Crippen molar-refractivity contribution in [2.75, 3.05) is 13.6 Å². The number of amides is 1. The van der Waals surface area contributed by atoms with Gasteiger partial charge in [-0.2, -0.15) is 0 Å². The summed E-state index contributed by atoms with van der Waals surface area (Å²) in [6.07, 6.45) is 2.02. The zero-order chi connectivity index (χ0) is 16.8. The first-order valence-electron chi connectivity index (χ1n) is 7.52. The number of aromatic nitrogens is 1. The van der Waals surface area contributed by atoms with Gasteiger partial charge in [-0.25, -0.2) is 4.98 Å². The van der Waals surface area contributed by atoms with Gasteiger partial charge in [-0.15, -0.1) is 11.3 Å². The number of aliphatic hydroxyl groups excluding tert-OH is 1. The number of hydrogen-bond acceptors (Lipinski definition) is 5. The molecular weight excluding hydrogens is 312 g/mol. The molecule has 0 radical (unpaired) electrons. The molecule has 0 saturated heterocycles. The Hall–Kier alpha value is -1.92. The molecule has 0 saturated carbocycles. The van der Waals surface area contributed by atoms with E-state index in [0.717, 1.165) is 17.0 Å². The molecular formula is C17H22N2O3S. The van der Waals surface area contributed by atoms with Crippen LogP contribution in [0.4, 0.5) is 0 Å². The molecule has 1 aromatic carbocycles. The van der Waals surface area contributed by atoms with Crippen molar-refractivity contribution in [1.29, 1.82) is 0 Å². The van der Waals surface area contributed by atoms with E-state index in [1.807, 2.05) is 19.2 Å². The van der Waals surface area contributed by atoms with Crippen LogP contribution in [0.5, 0.6) is 5.75 Å². The molecule has 124 valence electrons. The summed E-state index contributed by atoms with van der Waals surface area (Å²) < 4.78 is 5.68. The second kappa shape index (κ2) is 8.08. The molecule has 5 nitrogen and oxygen atoms in total. The van der Waals surface area contributed by atoms with Crippen LogP contribution >= 0.6 is 11.3 Å². The molecule has 2 rings (SSSR count). The van der Waals surface area contributed by atoms with Crippen LogP contribution in [0.1, 0.15) is 22.4 Å². The smallest absolute Gasteiger partial charge is 0.263 e. The van der Waals surface area contributed by atoms with Crippen molar-refractivity contribution in [3.63, 3.8) is 0 Å². The molecule has 6 heteroatoms. The zero-order valence-electron chi connectivity index (χ0n) is 13.7. The quantitative estimate of drug-likeness (QED) is 0.845. The predicted molar refractivity (Wildman–Crippen MR) is 90.6 cm³/mol. The van der Waals surface area contributed by atoms with E-state index >= 15 is 0 Å². The standard InChI is InChI=1S/C17H22N2O3S/c1-12-10-18-16(23-12)7-8-19(3)17(21)13(2)22-15-6-4-5-14(9-15)11-20/h4-6,9-10,13,20H,7-8,11H2,1-3H3. The monoisotopic (exact) mass is 334 g/mol. The number of likely N-dealkylation sites (N-methyl/N-ethyl adjacent to an activating group) is 1. The Labute approximate surface area is 140 Å². The number of carbonyl (C=O) groups is 1. The molecule has 1 atom stereocenters. The minimum atomic E-state index is -0.577. The van der Waals surface area contributed by atoms with Gasteiger partial charge in [-0.3, -0.25) is 4.79 Å². The molecule has 0 aliphatic carbocycles. The van der Waals surface area contributed by atoms with E-state index < -0.39 is 6.10 Å². The maximum absolute atomic E-state index is 12.4. The van der Waals surface area contributed by atoms with Crippen molar-refractivity contribution in [2.24, 2.45) is 0 Å². The number of ether oxygens (including phenoxy) is 1. The third-order valence-corrected chi connectivity index (χ3v) is 4.42. The van der Waals surface area contributed by atoms with Crippen LogP contribution in [0.3, 0.4) is 0 Å².